The second kappa shape index (κ2) is 3.33. The molecule has 4 heteroatoms. The van der Waals surface area contributed by atoms with E-state index in [1.807, 2.05) is 0 Å². The zero-order chi connectivity index (χ0) is 9.97. The second-order valence-corrected chi connectivity index (χ2v) is 2.86. The monoisotopic (exact) mass is 188 g/mol. The number of benzene rings is 1. The molecule has 1 aromatic rings. The Labute approximate surface area is 80.6 Å². The molecule has 2 N–H and O–H groups in total. The lowest BCUT2D eigenvalue weighted by molar-refractivity contribution is -0.114. The van der Waals surface area contributed by atoms with Crippen LogP contribution in [0.3, 0.4) is 0 Å². The molecule has 70 valence electrons. The molecule has 1 heterocycles. The van der Waals surface area contributed by atoms with Crippen LogP contribution >= 0.6 is 0 Å². The molecule has 0 unspecified atom stereocenters. The lowest BCUT2D eigenvalue weighted by Crippen LogP contribution is -2.17. The predicted octanol–water partition coefficient (Wildman–Crippen LogP) is 1.13. The summed E-state index contributed by atoms with van der Waals surface area (Å²) in [4.78, 5) is 22.3. The van der Waals surface area contributed by atoms with Gasteiger partial charge in [-0.05, 0) is 12.1 Å². The summed E-state index contributed by atoms with van der Waals surface area (Å²) in [6.07, 6.45) is 2.40. The Hall–Kier alpha value is -2.10. The summed E-state index contributed by atoms with van der Waals surface area (Å²) >= 11 is 0. The number of nitrogens with one attached hydrogen (secondary N) is 2. The number of carbonyl (C=O) groups is 2. The molecule has 2 amide bonds. The third kappa shape index (κ3) is 1.64. The average molecular weight is 188 g/mol. The molecule has 1 aliphatic heterocycles. The average Bonchev–Trinajstić information content (AvgIpc) is 2.16. The largest absolute Gasteiger partial charge is 0.321 e. The minimum absolute atomic E-state index is 0.299. The first-order chi connectivity index (χ1) is 6.75. The van der Waals surface area contributed by atoms with E-state index in [2.05, 4.69) is 10.6 Å². The van der Waals surface area contributed by atoms with E-state index >= 15 is 0 Å². The quantitative estimate of drug-likeness (QED) is 0.641. The molecule has 0 bridgehead atoms. The van der Waals surface area contributed by atoms with Gasteiger partial charge in [0.15, 0.2) is 0 Å². The molecule has 1 aromatic carbocycles. The normalized spacial score (nSPS) is 17.1. The molecule has 1 aliphatic rings. The van der Waals surface area contributed by atoms with E-state index in [9.17, 15) is 9.59 Å². The zero-order valence-corrected chi connectivity index (χ0v) is 7.28. The van der Waals surface area contributed by atoms with Gasteiger partial charge in [0, 0.05) is 12.2 Å². The fraction of sp³-hybridized carbons (Fsp3) is 0. The summed E-state index contributed by atoms with van der Waals surface area (Å²) in [6, 6.07) is 7.03. The van der Waals surface area contributed by atoms with Crippen molar-refractivity contribution in [3.8, 4) is 0 Å². The molecule has 4 nitrogen and oxygen atoms in total. The summed E-state index contributed by atoms with van der Waals surface area (Å²) in [5.74, 6) is -0.598. The minimum Gasteiger partial charge on any atom is -0.321 e. The lowest BCUT2D eigenvalue weighted by atomic mass is 10.2. The lowest BCUT2D eigenvalue weighted by Gasteiger charge is -2.11. The third-order valence-electron chi connectivity index (χ3n) is 1.83. The second-order valence-electron chi connectivity index (χ2n) is 2.86. The smallest absolute Gasteiger partial charge is 0.248 e. The molecule has 0 aromatic heterocycles. The first kappa shape index (κ1) is 8.50. The van der Waals surface area contributed by atoms with E-state index in [4.69, 9.17) is 0 Å². The Morgan fingerprint density at radius 2 is 1.21 bits per heavy atom. The summed E-state index contributed by atoms with van der Waals surface area (Å²) in [5.41, 5.74) is 1.21. The number of para-hydroxylation sites is 2. The van der Waals surface area contributed by atoms with Gasteiger partial charge < -0.3 is 10.6 Å². The highest BCUT2D eigenvalue weighted by Gasteiger charge is 2.09. The number of rotatable bonds is 0. The van der Waals surface area contributed by atoms with Crippen LogP contribution in [-0.2, 0) is 9.59 Å². The summed E-state index contributed by atoms with van der Waals surface area (Å²) in [5, 5.41) is 5.28. The fourth-order valence-electron chi connectivity index (χ4n) is 1.20. The number of carbonyl (C=O) groups excluding carboxylic acids is 2. The van der Waals surface area contributed by atoms with E-state index in [-0.39, 0.29) is 11.8 Å². The zero-order valence-electron chi connectivity index (χ0n) is 7.28. The van der Waals surface area contributed by atoms with E-state index in [0.29, 0.717) is 11.4 Å². The van der Waals surface area contributed by atoms with Crippen molar-refractivity contribution in [2.75, 3.05) is 10.6 Å². The molecule has 0 aliphatic carbocycles. The third-order valence-corrected chi connectivity index (χ3v) is 1.83. The molecule has 0 atom stereocenters. The van der Waals surface area contributed by atoms with Crippen LogP contribution in [0, 0.1) is 0 Å². The van der Waals surface area contributed by atoms with Crippen LogP contribution in [-0.4, -0.2) is 11.8 Å². The van der Waals surface area contributed by atoms with Gasteiger partial charge in [0.25, 0.3) is 0 Å². The highest BCUT2D eigenvalue weighted by Crippen LogP contribution is 2.21. The van der Waals surface area contributed by atoms with Crippen LogP contribution < -0.4 is 10.6 Å². The Morgan fingerprint density at radius 1 is 0.786 bits per heavy atom. The van der Waals surface area contributed by atoms with Crippen molar-refractivity contribution in [2.45, 2.75) is 0 Å². The van der Waals surface area contributed by atoms with Crippen LogP contribution in [0.4, 0.5) is 11.4 Å². The first-order valence-electron chi connectivity index (χ1n) is 4.15. The van der Waals surface area contributed by atoms with Crippen LogP contribution in [0.15, 0.2) is 36.4 Å². The van der Waals surface area contributed by atoms with Crippen LogP contribution in [0.1, 0.15) is 0 Å². The SMILES string of the molecule is O=C1/C=C\C(=O)Nc2ccccc2N1. The maximum Gasteiger partial charge on any atom is 0.248 e. The molecule has 0 fully saturated rings. The molecular weight excluding hydrogens is 180 g/mol. The van der Waals surface area contributed by atoms with Crippen LogP contribution in [0.25, 0.3) is 0 Å². The van der Waals surface area contributed by atoms with Gasteiger partial charge in [0.05, 0.1) is 11.4 Å². The Morgan fingerprint density at radius 3 is 1.64 bits per heavy atom. The first-order valence-corrected chi connectivity index (χ1v) is 4.15. The fourth-order valence-corrected chi connectivity index (χ4v) is 1.20. The van der Waals surface area contributed by atoms with E-state index in [1.165, 1.54) is 12.2 Å². The number of amides is 2. The highest BCUT2D eigenvalue weighted by atomic mass is 16.2. The summed E-state index contributed by atoms with van der Waals surface area (Å²) in [7, 11) is 0. The number of fused-ring (bicyclic) bond motifs is 1. The minimum atomic E-state index is -0.299. The van der Waals surface area contributed by atoms with E-state index in [1.54, 1.807) is 24.3 Å². The molecule has 0 radical (unpaired) electrons. The molecule has 14 heavy (non-hydrogen) atoms. The molecule has 0 saturated heterocycles. The summed E-state index contributed by atoms with van der Waals surface area (Å²) in [6.45, 7) is 0. The van der Waals surface area contributed by atoms with Crippen molar-refractivity contribution in [2.24, 2.45) is 0 Å². The molecule has 0 saturated carbocycles. The maximum atomic E-state index is 11.2. The standard InChI is InChI=1S/C10H8N2O2/c13-9-5-6-10(14)12-8-4-2-1-3-7(8)11-9/h1-6H,(H,11,13)(H,12,14). The van der Waals surface area contributed by atoms with Gasteiger partial charge >= 0.3 is 0 Å². The topological polar surface area (TPSA) is 58.2 Å². The van der Waals surface area contributed by atoms with Gasteiger partial charge in [-0.15, -0.1) is 0 Å². The Bertz CT molecular complexity index is 385. The molecule has 0 spiro atoms. The van der Waals surface area contributed by atoms with E-state index < -0.39 is 0 Å². The van der Waals surface area contributed by atoms with Crippen molar-refractivity contribution in [3.05, 3.63) is 36.4 Å². The van der Waals surface area contributed by atoms with Crippen molar-refractivity contribution >= 4 is 23.2 Å². The van der Waals surface area contributed by atoms with Gasteiger partial charge in [0.1, 0.15) is 0 Å². The maximum absolute atomic E-state index is 11.2. The Kier molecular flexibility index (Phi) is 2.02. The van der Waals surface area contributed by atoms with Crippen molar-refractivity contribution in [1.29, 1.82) is 0 Å². The molecule has 2 rings (SSSR count). The van der Waals surface area contributed by atoms with Crippen molar-refractivity contribution in [1.82, 2.24) is 0 Å². The van der Waals surface area contributed by atoms with Crippen LogP contribution in [0.2, 0.25) is 0 Å². The molecular formula is C10H8N2O2. The van der Waals surface area contributed by atoms with Crippen molar-refractivity contribution < 1.29 is 9.59 Å². The predicted molar refractivity (Wildman–Crippen MR) is 52.8 cm³/mol. The van der Waals surface area contributed by atoms with Gasteiger partial charge in [-0.1, -0.05) is 12.1 Å². The summed E-state index contributed by atoms with van der Waals surface area (Å²) < 4.78 is 0. The van der Waals surface area contributed by atoms with Gasteiger partial charge in [0.2, 0.25) is 11.8 Å². The number of hydrogen-bond acceptors (Lipinski definition) is 2. The number of hydrogen-bond donors (Lipinski definition) is 2. The van der Waals surface area contributed by atoms with Gasteiger partial charge in [-0.2, -0.15) is 0 Å². The number of anilines is 2. The highest BCUT2D eigenvalue weighted by molar-refractivity contribution is 6.11. The van der Waals surface area contributed by atoms with Crippen molar-refractivity contribution in [3.63, 3.8) is 0 Å². The van der Waals surface area contributed by atoms with Crippen LogP contribution in [0.5, 0.6) is 0 Å². The van der Waals surface area contributed by atoms with Gasteiger partial charge in [-0.3, -0.25) is 9.59 Å². The van der Waals surface area contributed by atoms with Gasteiger partial charge in [-0.25, -0.2) is 0 Å². The van der Waals surface area contributed by atoms with E-state index in [0.717, 1.165) is 0 Å². The Balaban J connectivity index is 2.44.